The first-order valence-corrected chi connectivity index (χ1v) is 5.77. The first kappa shape index (κ1) is 9.51. The van der Waals surface area contributed by atoms with Crippen molar-refractivity contribution in [2.24, 2.45) is 17.8 Å². The Balaban J connectivity index is 1.94. The third-order valence-electron chi connectivity index (χ3n) is 3.96. The number of hydrogen-bond acceptors (Lipinski definition) is 1. The molecule has 0 aromatic heterocycles. The molecule has 0 heterocycles. The van der Waals surface area contributed by atoms with Crippen LogP contribution in [0.3, 0.4) is 0 Å². The number of rotatable bonds is 2. The lowest BCUT2D eigenvalue weighted by Crippen LogP contribution is -2.35. The van der Waals surface area contributed by atoms with Crippen LogP contribution >= 0.6 is 0 Å². The van der Waals surface area contributed by atoms with Crippen LogP contribution in [0.15, 0.2) is 0 Å². The summed E-state index contributed by atoms with van der Waals surface area (Å²) >= 11 is 0. The molecule has 0 radical (unpaired) electrons. The Morgan fingerprint density at radius 1 is 1.15 bits per heavy atom. The molecule has 1 atom stereocenters. The summed E-state index contributed by atoms with van der Waals surface area (Å²) < 4.78 is 0. The van der Waals surface area contributed by atoms with Gasteiger partial charge in [-0.2, -0.15) is 0 Å². The van der Waals surface area contributed by atoms with Crippen LogP contribution in [0.2, 0.25) is 0 Å². The Morgan fingerprint density at radius 2 is 1.77 bits per heavy atom. The predicted octanol–water partition coefficient (Wildman–Crippen LogP) is 2.97. The maximum Gasteiger partial charge on any atom is 0.0594 e. The summed E-state index contributed by atoms with van der Waals surface area (Å²) in [4.78, 5) is 0. The van der Waals surface area contributed by atoms with Gasteiger partial charge in [0.2, 0.25) is 0 Å². The van der Waals surface area contributed by atoms with Crippen molar-refractivity contribution in [2.75, 3.05) is 0 Å². The van der Waals surface area contributed by atoms with Gasteiger partial charge in [-0.15, -0.1) is 0 Å². The van der Waals surface area contributed by atoms with E-state index in [1.165, 1.54) is 32.1 Å². The van der Waals surface area contributed by atoms with Gasteiger partial charge < -0.3 is 5.11 Å². The fourth-order valence-electron chi connectivity index (χ4n) is 3.41. The SMILES string of the molecule is CC(C)(O)CC1CC2CCC1CC2. The van der Waals surface area contributed by atoms with E-state index in [9.17, 15) is 5.11 Å². The van der Waals surface area contributed by atoms with Crippen LogP contribution in [0.5, 0.6) is 0 Å². The van der Waals surface area contributed by atoms with Gasteiger partial charge in [-0.3, -0.25) is 0 Å². The van der Waals surface area contributed by atoms with Crippen LogP contribution in [-0.4, -0.2) is 10.7 Å². The van der Waals surface area contributed by atoms with E-state index < -0.39 is 5.60 Å². The Labute approximate surface area is 81.5 Å². The van der Waals surface area contributed by atoms with Crippen molar-refractivity contribution in [1.82, 2.24) is 0 Å². The summed E-state index contributed by atoms with van der Waals surface area (Å²) in [5.74, 6) is 2.77. The first-order valence-electron chi connectivity index (χ1n) is 5.77. The fraction of sp³-hybridized carbons (Fsp3) is 1.00. The molecule has 3 saturated carbocycles. The van der Waals surface area contributed by atoms with Crippen molar-refractivity contribution in [3.05, 3.63) is 0 Å². The van der Waals surface area contributed by atoms with Gasteiger partial charge in [-0.05, 0) is 57.3 Å². The zero-order valence-corrected chi connectivity index (χ0v) is 8.92. The van der Waals surface area contributed by atoms with Gasteiger partial charge >= 0.3 is 0 Å². The van der Waals surface area contributed by atoms with Gasteiger partial charge in [0.1, 0.15) is 0 Å². The fourth-order valence-corrected chi connectivity index (χ4v) is 3.41. The second-order valence-corrected chi connectivity index (χ2v) is 5.79. The molecule has 13 heavy (non-hydrogen) atoms. The Morgan fingerprint density at radius 3 is 2.15 bits per heavy atom. The lowest BCUT2D eigenvalue weighted by atomic mass is 9.62. The van der Waals surface area contributed by atoms with Gasteiger partial charge in [0, 0.05) is 0 Å². The maximum absolute atomic E-state index is 9.80. The highest BCUT2D eigenvalue weighted by Gasteiger charge is 2.37. The van der Waals surface area contributed by atoms with Crippen molar-refractivity contribution in [3.63, 3.8) is 0 Å². The van der Waals surface area contributed by atoms with Crippen LogP contribution in [0.4, 0.5) is 0 Å². The van der Waals surface area contributed by atoms with E-state index in [2.05, 4.69) is 0 Å². The van der Waals surface area contributed by atoms with Crippen molar-refractivity contribution in [1.29, 1.82) is 0 Å². The molecule has 0 spiro atoms. The number of fused-ring (bicyclic) bond motifs is 3. The molecule has 0 aromatic carbocycles. The van der Waals surface area contributed by atoms with E-state index in [0.29, 0.717) is 0 Å². The minimum atomic E-state index is -0.442. The highest BCUT2D eigenvalue weighted by molar-refractivity contribution is 4.88. The molecule has 0 saturated heterocycles. The van der Waals surface area contributed by atoms with Crippen molar-refractivity contribution >= 4 is 0 Å². The Kier molecular flexibility index (Phi) is 2.39. The summed E-state index contributed by atoms with van der Waals surface area (Å²) in [6.45, 7) is 3.91. The Bertz CT molecular complexity index is 172. The molecule has 3 fully saturated rings. The molecular weight excluding hydrogens is 160 g/mol. The van der Waals surface area contributed by atoms with E-state index in [4.69, 9.17) is 0 Å². The highest BCUT2D eigenvalue weighted by Crippen LogP contribution is 2.47. The van der Waals surface area contributed by atoms with Gasteiger partial charge in [0.15, 0.2) is 0 Å². The lowest BCUT2D eigenvalue weighted by molar-refractivity contribution is 0.00392. The van der Waals surface area contributed by atoms with Gasteiger partial charge in [0.25, 0.3) is 0 Å². The minimum Gasteiger partial charge on any atom is -0.390 e. The molecule has 0 aliphatic heterocycles. The van der Waals surface area contributed by atoms with Crippen LogP contribution in [-0.2, 0) is 0 Å². The molecule has 3 rings (SSSR count). The second-order valence-electron chi connectivity index (χ2n) is 5.79. The monoisotopic (exact) mass is 182 g/mol. The van der Waals surface area contributed by atoms with E-state index in [0.717, 1.165) is 24.2 Å². The average molecular weight is 182 g/mol. The third-order valence-corrected chi connectivity index (χ3v) is 3.96. The summed E-state index contributed by atoms with van der Waals surface area (Å²) in [5.41, 5.74) is -0.442. The van der Waals surface area contributed by atoms with Crippen molar-refractivity contribution < 1.29 is 5.11 Å². The zero-order chi connectivity index (χ0) is 9.47. The maximum atomic E-state index is 9.80. The van der Waals surface area contributed by atoms with E-state index >= 15 is 0 Å². The molecule has 1 unspecified atom stereocenters. The van der Waals surface area contributed by atoms with Crippen LogP contribution in [0.25, 0.3) is 0 Å². The predicted molar refractivity (Wildman–Crippen MR) is 54.5 cm³/mol. The van der Waals surface area contributed by atoms with E-state index in [-0.39, 0.29) is 0 Å². The van der Waals surface area contributed by atoms with E-state index in [1.807, 2.05) is 13.8 Å². The lowest BCUT2D eigenvalue weighted by Gasteiger charge is -2.44. The minimum absolute atomic E-state index is 0.442. The molecule has 0 aromatic rings. The normalized spacial score (nSPS) is 39.5. The number of aliphatic hydroxyl groups is 1. The van der Waals surface area contributed by atoms with E-state index in [1.54, 1.807) is 0 Å². The summed E-state index contributed by atoms with van der Waals surface area (Å²) in [5, 5.41) is 9.80. The molecule has 3 aliphatic carbocycles. The second kappa shape index (κ2) is 3.27. The van der Waals surface area contributed by atoms with Crippen LogP contribution in [0.1, 0.15) is 52.4 Å². The molecule has 76 valence electrons. The number of hydrogen-bond donors (Lipinski definition) is 1. The molecular formula is C12H22O. The van der Waals surface area contributed by atoms with Gasteiger partial charge in [-0.1, -0.05) is 12.8 Å². The molecule has 0 amide bonds. The Hall–Kier alpha value is -0.0400. The van der Waals surface area contributed by atoms with Gasteiger partial charge in [-0.25, -0.2) is 0 Å². The molecule has 1 nitrogen and oxygen atoms in total. The summed E-state index contributed by atoms with van der Waals surface area (Å²) in [6.07, 6.45) is 8.22. The van der Waals surface area contributed by atoms with Crippen LogP contribution in [0, 0.1) is 17.8 Å². The highest BCUT2D eigenvalue weighted by atomic mass is 16.3. The van der Waals surface area contributed by atoms with Crippen molar-refractivity contribution in [3.8, 4) is 0 Å². The van der Waals surface area contributed by atoms with Crippen LogP contribution < -0.4 is 0 Å². The average Bonchev–Trinajstić information content (AvgIpc) is 2.03. The largest absolute Gasteiger partial charge is 0.390 e. The quantitative estimate of drug-likeness (QED) is 0.696. The van der Waals surface area contributed by atoms with Crippen molar-refractivity contribution in [2.45, 2.75) is 58.0 Å². The zero-order valence-electron chi connectivity index (χ0n) is 8.92. The third kappa shape index (κ3) is 2.25. The summed E-state index contributed by atoms with van der Waals surface area (Å²) in [6, 6.07) is 0. The van der Waals surface area contributed by atoms with Gasteiger partial charge in [0.05, 0.1) is 5.60 Å². The first-order chi connectivity index (χ1) is 6.04. The molecule has 2 bridgehead atoms. The smallest absolute Gasteiger partial charge is 0.0594 e. The molecule has 1 N–H and O–H groups in total. The summed E-state index contributed by atoms with van der Waals surface area (Å²) in [7, 11) is 0. The molecule has 3 aliphatic rings. The molecule has 1 heteroatoms. The topological polar surface area (TPSA) is 20.2 Å². The standard InChI is InChI=1S/C12H22O/c1-12(2,13)8-11-7-9-3-5-10(11)6-4-9/h9-11,13H,3-8H2,1-2H3.